The number of hydrogen-bond acceptors (Lipinski definition) is 4. The highest BCUT2D eigenvalue weighted by molar-refractivity contribution is 14.0. The number of hydrogen-bond donors (Lipinski definition) is 3. The van der Waals surface area contributed by atoms with Crippen molar-refractivity contribution < 1.29 is 14.3 Å². The Bertz CT molecular complexity index is 622. The number of ether oxygens (including phenoxy) is 2. The van der Waals surface area contributed by atoms with Crippen molar-refractivity contribution >= 4 is 41.5 Å². The predicted octanol–water partition coefficient (Wildman–Crippen LogP) is 2.95. The van der Waals surface area contributed by atoms with Gasteiger partial charge in [0.05, 0.1) is 12.7 Å². The molecule has 0 bridgehead atoms. The first-order valence-corrected chi connectivity index (χ1v) is 10.3. The zero-order valence-electron chi connectivity index (χ0n) is 17.5. The Labute approximate surface area is 191 Å². The number of rotatable bonds is 11. The van der Waals surface area contributed by atoms with Crippen LogP contribution in [0.3, 0.4) is 0 Å². The van der Waals surface area contributed by atoms with Gasteiger partial charge in [0.1, 0.15) is 6.54 Å². The van der Waals surface area contributed by atoms with Crippen molar-refractivity contribution in [2.24, 2.45) is 4.99 Å². The lowest BCUT2D eigenvalue weighted by Crippen LogP contribution is -2.38. The third-order valence-corrected chi connectivity index (χ3v) is 4.43. The van der Waals surface area contributed by atoms with E-state index < -0.39 is 0 Å². The van der Waals surface area contributed by atoms with Gasteiger partial charge in [-0.05, 0) is 50.3 Å². The van der Waals surface area contributed by atoms with Gasteiger partial charge in [-0.15, -0.1) is 24.0 Å². The molecule has 7 nitrogen and oxygen atoms in total. The molecule has 0 saturated carbocycles. The Kier molecular flexibility index (Phi) is 13.7. The van der Waals surface area contributed by atoms with Crippen LogP contribution in [-0.2, 0) is 20.7 Å². The number of halogens is 1. The van der Waals surface area contributed by atoms with E-state index in [1.807, 2.05) is 31.2 Å². The zero-order valence-corrected chi connectivity index (χ0v) is 19.9. The number of benzene rings is 1. The monoisotopic (exact) mass is 518 g/mol. The average Bonchev–Trinajstić information content (AvgIpc) is 3.22. The molecule has 8 heteroatoms. The molecule has 0 radical (unpaired) electrons. The predicted molar refractivity (Wildman–Crippen MR) is 128 cm³/mol. The van der Waals surface area contributed by atoms with Gasteiger partial charge in [-0.2, -0.15) is 0 Å². The van der Waals surface area contributed by atoms with Gasteiger partial charge in [-0.1, -0.05) is 19.1 Å². The third-order valence-electron chi connectivity index (χ3n) is 4.43. The summed E-state index contributed by atoms with van der Waals surface area (Å²) in [6, 6.07) is 7.87. The molecule has 2 rings (SSSR count). The van der Waals surface area contributed by atoms with Crippen LogP contribution in [0.4, 0.5) is 5.69 Å². The molecule has 1 saturated heterocycles. The van der Waals surface area contributed by atoms with Crippen LogP contribution in [0.1, 0.15) is 38.7 Å². The van der Waals surface area contributed by atoms with Crippen molar-refractivity contribution in [3.63, 3.8) is 0 Å². The molecule has 1 unspecified atom stereocenters. The number of guanidine groups is 1. The number of amides is 1. The molecule has 1 aromatic rings. The Morgan fingerprint density at radius 1 is 1.31 bits per heavy atom. The van der Waals surface area contributed by atoms with E-state index in [0.717, 1.165) is 51.1 Å². The molecular formula is C21H35IN4O3. The van der Waals surface area contributed by atoms with Crippen LogP contribution >= 0.6 is 24.0 Å². The summed E-state index contributed by atoms with van der Waals surface area (Å²) in [4.78, 5) is 16.5. The van der Waals surface area contributed by atoms with Crippen LogP contribution < -0.4 is 16.0 Å². The van der Waals surface area contributed by atoms with E-state index in [0.29, 0.717) is 19.2 Å². The molecule has 3 N–H and O–H groups in total. The largest absolute Gasteiger partial charge is 0.379 e. The second-order valence-corrected chi connectivity index (χ2v) is 6.79. The van der Waals surface area contributed by atoms with E-state index >= 15 is 0 Å². The Hall–Kier alpha value is -1.39. The molecule has 164 valence electrons. The van der Waals surface area contributed by atoms with Crippen molar-refractivity contribution in [1.82, 2.24) is 10.6 Å². The molecule has 1 fully saturated rings. The normalized spacial score (nSPS) is 16.2. The molecular weight excluding hydrogens is 483 g/mol. The fourth-order valence-electron chi connectivity index (χ4n) is 2.93. The number of nitrogens with one attached hydrogen (secondary N) is 3. The van der Waals surface area contributed by atoms with E-state index in [-0.39, 0.29) is 42.5 Å². The molecule has 0 aromatic heterocycles. The van der Waals surface area contributed by atoms with Gasteiger partial charge in [0, 0.05) is 32.0 Å². The molecule has 29 heavy (non-hydrogen) atoms. The lowest BCUT2D eigenvalue weighted by Gasteiger charge is -2.12. The topological polar surface area (TPSA) is 84.0 Å². The summed E-state index contributed by atoms with van der Waals surface area (Å²) >= 11 is 0. The van der Waals surface area contributed by atoms with E-state index in [9.17, 15) is 4.79 Å². The van der Waals surface area contributed by atoms with E-state index in [4.69, 9.17) is 9.47 Å². The van der Waals surface area contributed by atoms with Crippen molar-refractivity contribution in [3.8, 4) is 0 Å². The summed E-state index contributed by atoms with van der Waals surface area (Å²) in [6.45, 7) is 7.84. The fourth-order valence-corrected chi connectivity index (χ4v) is 2.93. The lowest BCUT2D eigenvalue weighted by atomic mass is 10.1. The molecule has 1 aliphatic rings. The first kappa shape index (κ1) is 25.6. The SMILES string of the molecule is CCNC(=NCC(=O)Nc1cccc(CC)c1)NCCCOCC1CCCO1.I. The first-order valence-electron chi connectivity index (χ1n) is 10.3. The number of carbonyl (C=O) groups excluding carboxylic acids is 1. The minimum atomic E-state index is -0.134. The summed E-state index contributed by atoms with van der Waals surface area (Å²) in [5.74, 6) is 0.504. The Balaban J connectivity index is 0.00000420. The van der Waals surface area contributed by atoms with Crippen molar-refractivity contribution in [3.05, 3.63) is 29.8 Å². The highest BCUT2D eigenvalue weighted by Crippen LogP contribution is 2.12. The smallest absolute Gasteiger partial charge is 0.246 e. The minimum Gasteiger partial charge on any atom is -0.379 e. The molecule has 1 amide bonds. The molecule has 0 spiro atoms. The van der Waals surface area contributed by atoms with Gasteiger partial charge in [0.25, 0.3) is 0 Å². The number of anilines is 1. The quantitative estimate of drug-likeness (QED) is 0.182. The number of aryl methyl sites for hydroxylation is 1. The van der Waals surface area contributed by atoms with Gasteiger partial charge in [-0.25, -0.2) is 4.99 Å². The fraction of sp³-hybridized carbons (Fsp3) is 0.619. The first-order chi connectivity index (χ1) is 13.7. The van der Waals surface area contributed by atoms with E-state index in [1.165, 1.54) is 5.56 Å². The second kappa shape index (κ2) is 15.4. The standard InChI is InChI=1S/C21H34N4O3.HI/c1-3-17-8-5-9-18(14-17)25-20(26)15-24-21(22-4-2)23-11-7-12-27-16-19-10-6-13-28-19;/h5,8-9,14,19H,3-4,6-7,10-13,15-16H2,1-2H3,(H,25,26)(H2,22,23,24);1H. The summed E-state index contributed by atoms with van der Waals surface area (Å²) < 4.78 is 11.2. The summed E-state index contributed by atoms with van der Waals surface area (Å²) in [5.41, 5.74) is 2.00. The number of nitrogens with zero attached hydrogens (tertiary/aromatic N) is 1. The van der Waals surface area contributed by atoms with Crippen LogP contribution in [-0.4, -0.2) is 57.4 Å². The van der Waals surface area contributed by atoms with Gasteiger partial charge in [0.15, 0.2) is 5.96 Å². The summed E-state index contributed by atoms with van der Waals surface area (Å²) in [5, 5.41) is 9.28. The maximum Gasteiger partial charge on any atom is 0.246 e. The van der Waals surface area contributed by atoms with Crippen LogP contribution in [0.25, 0.3) is 0 Å². The molecule has 0 aliphatic carbocycles. The van der Waals surface area contributed by atoms with Crippen LogP contribution in [0, 0.1) is 0 Å². The maximum absolute atomic E-state index is 12.2. The number of aliphatic imine (C=N–C) groups is 1. The lowest BCUT2D eigenvalue weighted by molar-refractivity contribution is -0.114. The number of carbonyl (C=O) groups is 1. The molecule has 1 heterocycles. The minimum absolute atomic E-state index is 0. The highest BCUT2D eigenvalue weighted by Gasteiger charge is 2.14. The molecule has 1 aliphatic heterocycles. The zero-order chi connectivity index (χ0) is 20.0. The van der Waals surface area contributed by atoms with Gasteiger partial charge < -0.3 is 25.4 Å². The van der Waals surface area contributed by atoms with E-state index in [1.54, 1.807) is 0 Å². The Morgan fingerprint density at radius 2 is 2.17 bits per heavy atom. The van der Waals surface area contributed by atoms with Crippen molar-refractivity contribution in [1.29, 1.82) is 0 Å². The maximum atomic E-state index is 12.2. The summed E-state index contributed by atoms with van der Waals surface area (Å²) in [6.07, 6.45) is 4.31. The van der Waals surface area contributed by atoms with Gasteiger partial charge >= 0.3 is 0 Å². The third kappa shape index (κ3) is 10.8. The van der Waals surface area contributed by atoms with Crippen LogP contribution in [0.2, 0.25) is 0 Å². The average molecular weight is 518 g/mol. The van der Waals surface area contributed by atoms with E-state index in [2.05, 4.69) is 27.9 Å². The van der Waals surface area contributed by atoms with Crippen molar-refractivity contribution in [2.75, 3.05) is 44.8 Å². The van der Waals surface area contributed by atoms with Crippen LogP contribution in [0.15, 0.2) is 29.3 Å². The summed E-state index contributed by atoms with van der Waals surface area (Å²) in [7, 11) is 0. The highest BCUT2D eigenvalue weighted by atomic mass is 127. The molecule has 1 aromatic carbocycles. The second-order valence-electron chi connectivity index (χ2n) is 6.79. The van der Waals surface area contributed by atoms with Crippen LogP contribution in [0.5, 0.6) is 0 Å². The molecule has 1 atom stereocenters. The van der Waals surface area contributed by atoms with Crippen molar-refractivity contribution in [2.45, 2.75) is 45.6 Å². The Morgan fingerprint density at radius 3 is 2.90 bits per heavy atom. The van der Waals surface area contributed by atoms with Gasteiger partial charge in [-0.3, -0.25) is 4.79 Å². The van der Waals surface area contributed by atoms with Gasteiger partial charge in [0.2, 0.25) is 5.91 Å².